The van der Waals surface area contributed by atoms with Crippen molar-refractivity contribution in [3.63, 3.8) is 0 Å². The van der Waals surface area contributed by atoms with Crippen molar-refractivity contribution in [1.82, 2.24) is 10.6 Å². The summed E-state index contributed by atoms with van der Waals surface area (Å²) in [5.41, 5.74) is 2.69. The first-order chi connectivity index (χ1) is 8.48. The molecule has 1 aromatic carbocycles. The molecule has 0 unspecified atom stereocenters. The Balaban J connectivity index is 2.46. The molecule has 3 heteroatoms. The molecule has 1 aromatic rings. The van der Waals surface area contributed by atoms with Gasteiger partial charge in [0.15, 0.2) is 0 Å². The standard InChI is InChI=1S/C15H26N2O/c1-12-6-7-14(18-5)13(10-12)8-9-17-11-15(2,3)16-4/h6-7,10,16-17H,8-9,11H2,1-5H3. The van der Waals surface area contributed by atoms with Crippen LogP contribution >= 0.6 is 0 Å². The van der Waals surface area contributed by atoms with Crippen LogP contribution in [0.4, 0.5) is 0 Å². The monoisotopic (exact) mass is 250 g/mol. The first kappa shape index (κ1) is 15.0. The van der Waals surface area contributed by atoms with E-state index in [0.29, 0.717) is 0 Å². The van der Waals surface area contributed by atoms with Gasteiger partial charge in [-0.2, -0.15) is 0 Å². The minimum absolute atomic E-state index is 0.136. The normalized spacial score (nSPS) is 11.6. The third-order valence-corrected chi connectivity index (χ3v) is 3.25. The molecule has 0 saturated heterocycles. The summed E-state index contributed by atoms with van der Waals surface area (Å²) in [4.78, 5) is 0. The SMILES string of the molecule is CNC(C)(C)CNCCc1cc(C)ccc1OC. The predicted octanol–water partition coefficient (Wildman–Crippen LogP) is 2.13. The summed E-state index contributed by atoms with van der Waals surface area (Å²) in [6.07, 6.45) is 0.991. The summed E-state index contributed by atoms with van der Waals surface area (Å²) < 4.78 is 5.38. The van der Waals surface area contributed by atoms with E-state index in [0.717, 1.165) is 25.3 Å². The molecule has 0 radical (unpaired) electrons. The molecule has 1 rings (SSSR count). The zero-order chi connectivity index (χ0) is 13.6. The maximum Gasteiger partial charge on any atom is 0.122 e. The van der Waals surface area contributed by atoms with E-state index >= 15 is 0 Å². The zero-order valence-electron chi connectivity index (χ0n) is 12.3. The molecule has 18 heavy (non-hydrogen) atoms. The van der Waals surface area contributed by atoms with Crippen LogP contribution in [0.25, 0.3) is 0 Å². The molecule has 0 amide bonds. The van der Waals surface area contributed by atoms with Crippen molar-refractivity contribution in [2.24, 2.45) is 0 Å². The largest absolute Gasteiger partial charge is 0.496 e. The summed E-state index contributed by atoms with van der Waals surface area (Å²) in [6.45, 7) is 8.41. The number of hydrogen-bond donors (Lipinski definition) is 2. The van der Waals surface area contributed by atoms with E-state index in [1.54, 1.807) is 7.11 Å². The Morgan fingerprint density at radius 3 is 2.61 bits per heavy atom. The highest BCUT2D eigenvalue weighted by Gasteiger charge is 2.13. The number of ether oxygens (including phenoxy) is 1. The van der Waals surface area contributed by atoms with Crippen molar-refractivity contribution in [2.45, 2.75) is 32.7 Å². The third-order valence-electron chi connectivity index (χ3n) is 3.25. The van der Waals surface area contributed by atoms with Crippen LogP contribution in [0.5, 0.6) is 5.75 Å². The predicted molar refractivity (Wildman–Crippen MR) is 77.4 cm³/mol. The topological polar surface area (TPSA) is 33.3 Å². The number of benzene rings is 1. The molecule has 0 fully saturated rings. The Morgan fingerprint density at radius 1 is 1.28 bits per heavy atom. The van der Waals surface area contributed by atoms with Crippen LogP contribution in [0, 0.1) is 6.92 Å². The van der Waals surface area contributed by atoms with E-state index in [1.807, 2.05) is 13.1 Å². The van der Waals surface area contributed by atoms with E-state index in [-0.39, 0.29) is 5.54 Å². The molecular formula is C15H26N2O. The maximum atomic E-state index is 5.38. The smallest absolute Gasteiger partial charge is 0.122 e. The van der Waals surface area contributed by atoms with Gasteiger partial charge in [-0.05, 0) is 52.4 Å². The Bertz CT molecular complexity index is 375. The Labute approximate surface area is 111 Å². The lowest BCUT2D eigenvalue weighted by Gasteiger charge is -2.24. The number of rotatable bonds is 7. The van der Waals surface area contributed by atoms with Crippen molar-refractivity contribution in [1.29, 1.82) is 0 Å². The molecule has 0 bridgehead atoms. The number of hydrogen-bond acceptors (Lipinski definition) is 3. The first-order valence-electron chi connectivity index (χ1n) is 6.51. The molecule has 0 spiro atoms. The van der Waals surface area contributed by atoms with Gasteiger partial charge in [-0.25, -0.2) is 0 Å². The Morgan fingerprint density at radius 2 is 2.00 bits per heavy atom. The summed E-state index contributed by atoms with van der Waals surface area (Å²) in [5, 5.41) is 6.76. The van der Waals surface area contributed by atoms with Crippen molar-refractivity contribution in [3.05, 3.63) is 29.3 Å². The lowest BCUT2D eigenvalue weighted by Crippen LogP contribution is -2.46. The molecule has 2 N–H and O–H groups in total. The average molecular weight is 250 g/mol. The zero-order valence-corrected chi connectivity index (χ0v) is 12.3. The van der Waals surface area contributed by atoms with Gasteiger partial charge in [-0.3, -0.25) is 0 Å². The van der Waals surface area contributed by atoms with Crippen molar-refractivity contribution < 1.29 is 4.74 Å². The molecule has 102 valence electrons. The highest BCUT2D eigenvalue weighted by atomic mass is 16.5. The van der Waals surface area contributed by atoms with Gasteiger partial charge in [0, 0.05) is 12.1 Å². The highest BCUT2D eigenvalue weighted by molar-refractivity contribution is 5.37. The van der Waals surface area contributed by atoms with Crippen LogP contribution < -0.4 is 15.4 Å². The molecule has 0 saturated carbocycles. The van der Waals surface area contributed by atoms with Crippen molar-refractivity contribution in [2.75, 3.05) is 27.2 Å². The van der Waals surface area contributed by atoms with Gasteiger partial charge in [-0.1, -0.05) is 17.7 Å². The fourth-order valence-electron chi connectivity index (χ4n) is 1.82. The molecule has 0 aliphatic heterocycles. The van der Waals surface area contributed by atoms with E-state index in [2.05, 4.69) is 43.5 Å². The van der Waals surface area contributed by atoms with Crippen LogP contribution in [-0.4, -0.2) is 32.8 Å². The molecule has 3 nitrogen and oxygen atoms in total. The molecule has 0 aromatic heterocycles. The summed E-state index contributed by atoms with van der Waals surface area (Å²) in [7, 11) is 3.72. The molecule has 0 atom stereocenters. The average Bonchev–Trinajstić information content (AvgIpc) is 2.35. The second-order valence-corrected chi connectivity index (χ2v) is 5.38. The summed E-state index contributed by atoms with van der Waals surface area (Å²) in [6, 6.07) is 6.33. The van der Waals surface area contributed by atoms with Crippen LogP contribution in [0.2, 0.25) is 0 Å². The van der Waals surface area contributed by atoms with Gasteiger partial charge in [0.05, 0.1) is 7.11 Å². The fraction of sp³-hybridized carbons (Fsp3) is 0.600. The lowest BCUT2D eigenvalue weighted by molar-refractivity contribution is 0.391. The molecule has 0 aliphatic carbocycles. The maximum absolute atomic E-state index is 5.38. The minimum atomic E-state index is 0.136. The quantitative estimate of drug-likeness (QED) is 0.727. The van der Waals surface area contributed by atoms with Crippen LogP contribution in [0.1, 0.15) is 25.0 Å². The second kappa shape index (κ2) is 6.76. The van der Waals surface area contributed by atoms with Gasteiger partial charge < -0.3 is 15.4 Å². The van der Waals surface area contributed by atoms with E-state index in [4.69, 9.17) is 4.74 Å². The van der Waals surface area contributed by atoms with Crippen LogP contribution in [0.15, 0.2) is 18.2 Å². The summed E-state index contributed by atoms with van der Waals surface area (Å²) >= 11 is 0. The van der Waals surface area contributed by atoms with Crippen LogP contribution in [0.3, 0.4) is 0 Å². The van der Waals surface area contributed by atoms with Gasteiger partial charge in [0.25, 0.3) is 0 Å². The van der Waals surface area contributed by atoms with E-state index in [1.165, 1.54) is 11.1 Å². The van der Waals surface area contributed by atoms with Gasteiger partial charge in [0.1, 0.15) is 5.75 Å². The number of aryl methyl sites for hydroxylation is 1. The highest BCUT2D eigenvalue weighted by Crippen LogP contribution is 2.19. The van der Waals surface area contributed by atoms with Crippen LogP contribution in [-0.2, 0) is 6.42 Å². The number of methoxy groups -OCH3 is 1. The molecule has 0 aliphatic rings. The molecule has 0 heterocycles. The fourth-order valence-corrected chi connectivity index (χ4v) is 1.82. The van der Waals surface area contributed by atoms with E-state index in [9.17, 15) is 0 Å². The van der Waals surface area contributed by atoms with Crippen molar-refractivity contribution in [3.8, 4) is 5.75 Å². The van der Waals surface area contributed by atoms with Gasteiger partial charge >= 0.3 is 0 Å². The van der Waals surface area contributed by atoms with Crippen molar-refractivity contribution >= 4 is 0 Å². The summed E-state index contributed by atoms with van der Waals surface area (Å²) in [5.74, 6) is 0.982. The number of nitrogens with one attached hydrogen (secondary N) is 2. The lowest BCUT2D eigenvalue weighted by atomic mass is 10.1. The first-order valence-corrected chi connectivity index (χ1v) is 6.51. The minimum Gasteiger partial charge on any atom is -0.496 e. The Kier molecular flexibility index (Phi) is 5.63. The molecular weight excluding hydrogens is 224 g/mol. The van der Waals surface area contributed by atoms with Gasteiger partial charge in [0.2, 0.25) is 0 Å². The third kappa shape index (κ3) is 4.67. The second-order valence-electron chi connectivity index (χ2n) is 5.38. The Hall–Kier alpha value is -1.06. The van der Waals surface area contributed by atoms with E-state index < -0.39 is 0 Å². The number of likely N-dealkylation sites (N-methyl/N-ethyl adjacent to an activating group) is 1. The van der Waals surface area contributed by atoms with Gasteiger partial charge in [-0.15, -0.1) is 0 Å².